The van der Waals surface area contributed by atoms with Gasteiger partial charge in [-0.15, -0.1) is 0 Å². The van der Waals surface area contributed by atoms with Gasteiger partial charge in [-0.05, 0) is 34.8 Å². The van der Waals surface area contributed by atoms with Crippen molar-refractivity contribution in [2.45, 2.75) is 32.1 Å². The van der Waals surface area contributed by atoms with Crippen LogP contribution in [0.2, 0.25) is 0 Å². The van der Waals surface area contributed by atoms with Crippen LogP contribution in [0.3, 0.4) is 0 Å². The van der Waals surface area contributed by atoms with E-state index in [1.165, 1.54) is 12.5 Å². The lowest BCUT2D eigenvalue weighted by Crippen LogP contribution is -2.25. The van der Waals surface area contributed by atoms with Crippen molar-refractivity contribution in [1.82, 2.24) is 0 Å². The van der Waals surface area contributed by atoms with Gasteiger partial charge >= 0.3 is 0 Å². The number of nitrogens with zero attached hydrogens (tertiary/aromatic N) is 1. The van der Waals surface area contributed by atoms with Gasteiger partial charge in [0.2, 0.25) is 0 Å². The van der Waals surface area contributed by atoms with Gasteiger partial charge in [0.15, 0.2) is 5.82 Å². The molecular weight excluding hydrogens is 302 g/mol. The summed E-state index contributed by atoms with van der Waals surface area (Å²) in [6.45, 7) is 0. The lowest BCUT2D eigenvalue weighted by molar-refractivity contribution is 0.437. The quantitative estimate of drug-likeness (QED) is 0.493. The summed E-state index contributed by atoms with van der Waals surface area (Å²) in [5.74, 6) is -0.647. The summed E-state index contributed by atoms with van der Waals surface area (Å²) >= 11 is 3.01. The molecule has 1 aromatic rings. The maximum atomic E-state index is 13.5. The molecule has 1 aliphatic rings. The predicted octanol–water partition coefficient (Wildman–Crippen LogP) is 4.30. The summed E-state index contributed by atoms with van der Waals surface area (Å²) < 4.78 is 26.8. The van der Waals surface area contributed by atoms with Gasteiger partial charge in [0.1, 0.15) is 17.3 Å². The lowest BCUT2D eigenvalue weighted by Gasteiger charge is -2.20. The van der Waals surface area contributed by atoms with Crippen molar-refractivity contribution in [2.24, 2.45) is 16.6 Å². The van der Waals surface area contributed by atoms with Crippen molar-refractivity contribution in [3.63, 3.8) is 0 Å². The molecule has 0 amide bonds. The van der Waals surface area contributed by atoms with Gasteiger partial charge in [0.25, 0.3) is 0 Å². The van der Waals surface area contributed by atoms with E-state index in [0.29, 0.717) is 5.84 Å². The zero-order valence-corrected chi connectivity index (χ0v) is 11.5. The molecule has 18 heavy (non-hydrogen) atoms. The molecule has 0 saturated heterocycles. The molecule has 2 nitrogen and oxygen atoms in total. The van der Waals surface area contributed by atoms with Gasteiger partial charge in [-0.25, -0.2) is 13.8 Å². The largest absolute Gasteiger partial charge is 0.387 e. The highest BCUT2D eigenvalue weighted by Crippen LogP contribution is 2.28. The number of aliphatic imine (C=N–C) groups is 1. The van der Waals surface area contributed by atoms with E-state index in [-0.39, 0.29) is 16.1 Å². The third kappa shape index (κ3) is 3.07. The first-order valence-corrected chi connectivity index (χ1v) is 6.86. The summed E-state index contributed by atoms with van der Waals surface area (Å²) in [7, 11) is 0. The first-order chi connectivity index (χ1) is 8.58. The molecule has 0 atom stereocenters. The smallest absolute Gasteiger partial charge is 0.151 e. The van der Waals surface area contributed by atoms with Crippen LogP contribution in [0.15, 0.2) is 21.6 Å². The molecule has 1 fully saturated rings. The highest BCUT2D eigenvalue weighted by atomic mass is 79.9. The van der Waals surface area contributed by atoms with E-state index in [9.17, 15) is 8.78 Å². The number of benzene rings is 1. The van der Waals surface area contributed by atoms with Crippen molar-refractivity contribution >= 4 is 27.5 Å². The molecule has 2 rings (SSSR count). The summed E-state index contributed by atoms with van der Waals surface area (Å²) in [6.07, 6.45) is 5.49. The molecule has 2 N–H and O–H groups in total. The average molecular weight is 317 g/mol. The van der Waals surface area contributed by atoms with Crippen molar-refractivity contribution in [2.75, 3.05) is 0 Å². The molecule has 0 radical (unpaired) electrons. The molecular formula is C13H15BrF2N2. The summed E-state index contributed by atoms with van der Waals surface area (Å²) in [5, 5.41) is 0. The Balaban J connectivity index is 2.23. The van der Waals surface area contributed by atoms with E-state index in [1.807, 2.05) is 0 Å². The molecule has 0 aliphatic heterocycles. The summed E-state index contributed by atoms with van der Waals surface area (Å²) in [4.78, 5) is 4.11. The maximum absolute atomic E-state index is 13.5. The minimum atomic E-state index is -0.686. The number of hydrogen-bond donors (Lipinski definition) is 1. The molecule has 5 heteroatoms. The average Bonchev–Trinajstić information content (AvgIpc) is 2.37. The van der Waals surface area contributed by atoms with Gasteiger partial charge in [0, 0.05) is 12.0 Å². The molecule has 0 bridgehead atoms. The van der Waals surface area contributed by atoms with Crippen LogP contribution in [0, 0.1) is 17.6 Å². The molecule has 0 unspecified atom stereocenters. The third-order valence-electron chi connectivity index (χ3n) is 3.26. The molecule has 1 aromatic carbocycles. The van der Waals surface area contributed by atoms with Crippen LogP contribution >= 0.6 is 15.9 Å². The fraction of sp³-hybridized carbons (Fsp3) is 0.462. The Morgan fingerprint density at radius 1 is 1.17 bits per heavy atom. The zero-order valence-electron chi connectivity index (χ0n) is 9.93. The van der Waals surface area contributed by atoms with Crippen LogP contribution in [0.25, 0.3) is 0 Å². The van der Waals surface area contributed by atoms with E-state index in [4.69, 9.17) is 5.73 Å². The maximum Gasteiger partial charge on any atom is 0.151 e. The van der Waals surface area contributed by atoms with E-state index in [0.717, 1.165) is 31.7 Å². The fourth-order valence-corrected chi connectivity index (χ4v) is 2.56. The van der Waals surface area contributed by atoms with Gasteiger partial charge in [-0.3, -0.25) is 0 Å². The molecule has 0 aromatic heterocycles. The number of hydrogen-bond acceptors (Lipinski definition) is 1. The van der Waals surface area contributed by atoms with Crippen molar-refractivity contribution < 1.29 is 8.78 Å². The molecule has 1 saturated carbocycles. The molecule has 0 spiro atoms. The first-order valence-electron chi connectivity index (χ1n) is 6.06. The van der Waals surface area contributed by atoms with E-state index in [2.05, 4.69) is 20.9 Å². The van der Waals surface area contributed by atoms with Crippen molar-refractivity contribution in [1.29, 1.82) is 0 Å². The highest BCUT2D eigenvalue weighted by molar-refractivity contribution is 9.10. The number of rotatable bonds is 2. The van der Waals surface area contributed by atoms with Crippen LogP contribution < -0.4 is 5.73 Å². The van der Waals surface area contributed by atoms with E-state index < -0.39 is 11.6 Å². The third-order valence-corrected chi connectivity index (χ3v) is 3.87. The normalized spacial score (nSPS) is 18.1. The van der Waals surface area contributed by atoms with Crippen LogP contribution in [0.4, 0.5) is 14.5 Å². The van der Waals surface area contributed by atoms with Crippen LogP contribution in [-0.4, -0.2) is 5.84 Å². The topological polar surface area (TPSA) is 38.4 Å². The zero-order chi connectivity index (χ0) is 13.1. The second-order valence-electron chi connectivity index (χ2n) is 4.59. The van der Waals surface area contributed by atoms with E-state index >= 15 is 0 Å². The summed E-state index contributed by atoms with van der Waals surface area (Å²) in [5.41, 5.74) is 6.00. The Hall–Kier alpha value is -0.970. The van der Waals surface area contributed by atoms with Gasteiger partial charge in [-0.2, -0.15) is 0 Å². The van der Waals surface area contributed by atoms with Gasteiger partial charge in [0.05, 0.1) is 4.47 Å². The lowest BCUT2D eigenvalue weighted by atomic mass is 9.88. The highest BCUT2D eigenvalue weighted by Gasteiger charge is 2.17. The standard InChI is InChI=1S/C13H15BrF2N2/c14-9-6-12(11(16)7-10(9)15)18-13(17)8-4-2-1-3-5-8/h6-8H,1-5H2,(H2,17,18). The fourth-order valence-electron chi connectivity index (χ4n) is 2.23. The predicted molar refractivity (Wildman–Crippen MR) is 71.9 cm³/mol. The summed E-state index contributed by atoms with van der Waals surface area (Å²) in [6, 6.07) is 2.14. The van der Waals surface area contributed by atoms with Gasteiger partial charge in [-0.1, -0.05) is 19.3 Å². The molecule has 0 heterocycles. The Labute approximate surface area is 113 Å². The number of amidine groups is 1. The SMILES string of the molecule is NC(=Nc1cc(Br)c(F)cc1F)C1CCCCC1. The van der Waals surface area contributed by atoms with E-state index in [1.54, 1.807) is 0 Å². The number of nitrogens with two attached hydrogens (primary N) is 1. The minimum absolute atomic E-state index is 0.0892. The second kappa shape index (κ2) is 5.78. The van der Waals surface area contributed by atoms with Crippen LogP contribution in [-0.2, 0) is 0 Å². The molecule has 98 valence electrons. The number of halogens is 3. The van der Waals surface area contributed by atoms with Gasteiger partial charge < -0.3 is 5.73 Å². The Morgan fingerprint density at radius 3 is 2.50 bits per heavy atom. The minimum Gasteiger partial charge on any atom is -0.387 e. The first kappa shape index (κ1) is 13.5. The monoisotopic (exact) mass is 316 g/mol. The molecule has 1 aliphatic carbocycles. The van der Waals surface area contributed by atoms with Crippen molar-refractivity contribution in [3.8, 4) is 0 Å². The van der Waals surface area contributed by atoms with Crippen molar-refractivity contribution in [3.05, 3.63) is 28.2 Å². The Kier molecular flexibility index (Phi) is 4.32. The van der Waals surface area contributed by atoms with Crippen LogP contribution in [0.1, 0.15) is 32.1 Å². The van der Waals surface area contributed by atoms with Crippen LogP contribution in [0.5, 0.6) is 0 Å². The Morgan fingerprint density at radius 2 is 1.83 bits per heavy atom. The Bertz CT molecular complexity index is 468. The second-order valence-corrected chi connectivity index (χ2v) is 5.44.